The van der Waals surface area contributed by atoms with E-state index in [4.69, 9.17) is 4.42 Å². The monoisotopic (exact) mass is 590 g/mol. The minimum Gasteiger partial charge on any atom is -0.451 e. The van der Waals surface area contributed by atoms with Crippen LogP contribution in [0.3, 0.4) is 0 Å². The molecule has 0 aliphatic heterocycles. The highest BCUT2D eigenvalue weighted by Crippen LogP contribution is 2.47. The van der Waals surface area contributed by atoms with Gasteiger partial charge >= 0.3 is 12.4 Å². The van der Waals surface area contributed by atoms with E-state index >= 15 is 0 Å². The van der Waals surface area contributed by atoms with E-state index in [9.17, 15) is 26.3 Å². The number of alkyl halides is 6. The van der Waals surface area contributed by atoms with Crippen LogP contribution in [0.2, 0.25) is 0 Å². The summed E-state index contributed by atoms with van der Waals surface area (Å²) in [6, 6.07) is 8.16. The number of benzene rings is 2. The van der Waals surface area contributed by atoms with E-state index in [0.29, 0.717) is 19.5 Å². The summed E-state index contributed by atoms with van der Waals surface area (Å²) in [5.41, 5.74) is -2.76. The summed E-state index contributed by atoms with van der Waals surface area (Å²) in [4.78, 5) is 0. The van der Waals surface area contributed by atoms with Crippen molar-refractivity contribution in [3.8, 4) is 0 Å². The fourth-order valence-electron chi connectivity index (χ4n) is 2.61. The molecule has 0 fully saturated rings. The molecule has 0 bridgehead atoms. The van der Waals surface area contributed by atoms with Crippen molar-refractivity contribution < 1.29 is 30.8 Å². The van der Waals surface area contributed by atoms with E-state index in [2.05, 4.69) is 47.8 Å². The quantitative estimate of drug-likeness (QED) is 0.271. The molecule has 3 rings (SSSR count). The predicted octanol–water partition coefficient (Wildman–Crippen LogP) is 8.84. The van der Waals surface area contributed by atoms with Crippen molar-refractivity contribution >= 4 is 70.4 Å². The standard InChI is InChI=1S/C18H7Br3F6O/c19-9-1-3-13(21)8(5-9)6-12(17(22,23)24)15-11-7-10(20)2-4-14(11)28-16(15)18(25,26)27/h1-7H. The Labute approximate surface area is 179 Å². The molecule has 1 aromatic heterocycles. The summed E-state index contributed by atoms with van der Waals surface area (Å²) >= 11 is 9.34. The predicted molar refractivity (Wildman–Crippen MR) is 105 cm³/mol. The van der Waals surface area contributed by atoms with Gasteiger partial charge in [-0.2, -0.15) is 26.3 Å². The summed E-state index contributed by atoms with van der Waals surface area (Å²) in [6.07, 6.45) is -9.52. The Morgan fingerprint density at radius 3 is 2.07 bits per heavy atom. The van der Waals surface area contributed by atoms with Gasteiger partial charge in [-0.05, 0) is 48.0 Å². The van der Waals surface area contributed by atoms with Crippen LogP contribution in [0.25, 0.3) is 22.6 Å². The highest BCUT2D eigenvalue weighted by molar-refractivity contribution is 9.11. The summed E-state index contributed by atoms with van der Waals surface area (Å²) in [5, 5.41) is -0.295. The largest absolute Gasteiger partial charge is 0.451 e. The molecular weight excluding hydrogens is 586 g/mol. The lowest BCUT2D eigenvalue weighted by Crippen LogP contribution is -2.15. The van der Waals surface area contributed by atoms with Crippen molar-refractivity contribution in [1.82, 2.24) is 0 Å². The lowest BCUT2D eigenvalue weighted by atomic mass is 9.98. The first-order valence-electron chi connectivity index (χ1n) is 7.41. The van der Waals surface area contributed by atoms with Crippen LogP contribution in [0.1, 0.15) is 16.9 Å². The maximum atomic E-state index is 13.9. The number of hydrogen-bond acceptors (Lipinski definition) is 1. The topological polar surface area (TPSA) is 13.1 Å². The maximum Gasteiger partial charge on any atom is 0.450 e. The normalized spacial score (nSPS) is 13.4. The van der Waals surface area contributed by atoms with Gasteiger partial charge in [-0.25, -0.2) is 0 Å². The summed E-state index contributed by atoms with van der Waals surface area (Å²) in [5.74, 6) is -1.70. The fraction of sp³-hybridized carbons (Fsp3) is 0.111. The molecule has 1 heterocycles. The Hall–Kier alpha value is -1.26. The number of rotatable bonds is 2. The van der Waals surface area contributed by atoms with Gasteiger partial charge in [0.15, 0.2) is 0 Å². The smallest absolute Gasteiger partial charge is 0.450 e. The van der Waals surface area contributed by atoms with Crippen molar-refractivity contribution in [2.45, 2.75) is 12.4 Å². The molecule has 0 N–H and O–H groups in total. The average molecular weight is 593 g/mol. The number of furan rings is 1. The second kappa shape index (κ2) is 7.53. The molecule has 10 heteroatoms. The molecule has 0 radical (unpaired) electrons. The lowest BCUT2D eigenvalue weighted by molar-refractivity contribution is -0.152. The van der Waals surface area contributed by atoms with Crippen LogP contribution in [0.4, 0.5) is 26.3 Å². The molecular formula is C18H7Br3F6O. The third-order valence-electron chi connectivity index (χ3n) is 3.74. The Kier molecular flexibility index (Phi) is 5.77. The van der Waals surface area contributed by atoms with Gasteiger partial charge in [0.05, 0.1) is 5.57 Å². The van der Waals surface area contributed by atoms with Crippen LogP contribution in [0.15, 0.2) is 54.2 Å². The van der Waals surface area contributed by atoms with E-state index < -0.39 is 29.2 Å². The first-order chi connectivity index (χ1) is 12.9. The number of hydrogen-bond donors (Lipinski definition) is 0. The SMILES string of the molecule is FC(F)(F)C(=Cc1cc(Br)ccc1Br)c1c(C(F)(F)F)oc2ccc(Br)cc12. The molecule has 0 amide bonds. The Bertz CT molecular complexity index is 1080. The van der Waals surface area contributed by atoms with Gasteiger partial charge in [-0.15, -0.1) is 0 Å². The molecule has 3 aromatic rings. The molecule has 0 spiro atoms. The van der Waals surface area contributed by atoms with Crippen molar-refractivity contribution in [3.05, 3.63) is 66.7 Å². The van der Waals surface area contributed by atoms with Crippen molar-refractivity contribution in [2.75, 3.05) is 0 Å². The van der Waals surface area contributed by atoms with Gasteiger partial charge in [0.25, 0.3) is 0 Å². The minimum atomic E-state index is -5.11. The van der Waals surface area contributed by atoms with E-state index in [1.807, 2.05) is 0 Å². The molecule has 1 nitrogen and oxygen atoms in total. The number of fused-ring (bicyclic) bond motifs is 1. The van der Waals surface area contributed by atoms with E-state index in [1.165, 1.54) is 30.3 Å². The average Bonchev–Trinajstić information content (AvgIpc) is 2.93. The van der Waals surface area contributed by atoms with Crippen LogP contribution < -0.4 is 0 Å². The molecule has 0 saturated carbocycles. The maximum absolute atomic E-state index is 13.9. The molecule has 0 atom stereocenters. The van der Waals surface area contributed by atoms with Crippen molar-refractivity contribution in [3.63, 3.8) is 0 Å². The molecule has 0 aliphatic carbocycles. The van der Waals surface area contributed by atoms with Gasteiger partial charge < -0.3 is 4.42 Å². The highest BCUT2D eigenvalue weighted by atomic mass is 79.9. The molecule has 0 unspecified atom stereocenters. The molecule has 28 heavy (non-hydrogen) atoms. The second-order valence-corrected chi connectivity index (χ2v) is 8.35. The summed E-state index contributed by atoms with van der Waals surface area (Å²) < 4.78 is 88.0. The van der Waals surface area contributed by atoms with Gasteiger partial charge in [0.1, 0.15) is 5.58 Å². The van der Waals surface area contributed by atoms with E-state index in [0.717, 1.165) is 0 Å². The second-order valence-electron chi connectivity index (χ2n) is 5.67. The van der Waals surface area contributed by atoms with Crippen molar-refractivity contribution in [2.24, 2.45) is 0 Å². The minimum absolute atomic E-state index is 0.0548. The van der Waals surface area contributed by atoms with Crippen LogP contribution in [-0.4, -0.2) is 6.18 Å². The lowest BCUT2D eigenvalue weighted by Gasteiger charge is -2.15. The first kappa shape index (κ1) is 21.4. The zero-order valence-corrected chi connectivity index (χ0v) is 18.1. The zero-order valence-electron chi connectivity index (χ0n) is 13.4. The molecule has 0 aliphatic rings. The first-order valence-corrected chi connectivity index (χ1v) is 9.79. The molecule has 2 aromatic carbocycles. The number of allylic oxidation sites excluding steroid dienone is 1. The molecule has 148 valence electrons. The third-order valence-corrected chi connectivity index (χ3v) is 5.45. The third kappa shape index (κ3) is 4.33. The van der Waals surface area contributed by atoms with Gasteiger partial charge in [0, 0.05) is 24.4 Å². The Morgan fingerprint density at radius 2 is 1.46 bits per heavy atom. The van der Waals surface area contributed by atoms with E-state index in [-0.39, 0.29) is 16.5 Å². The Balaban J connectivity index is 2.42. The number of halogens is 9. The van der Waals surface area contributed by atoms with Crippen LogP contribution in [-0.2, 0) is 6.18 Å². The highest BCUT2D eigenvalue weighted by Gasteiger charge is 2.46. The van der Waals surface area contributed by atoms with Crippen LogP contribution in [0.5, 0.6) is 0 Å². The van der Waals surface area contributed by atoms with E-state index in [1.54, 1.807) is 6.07 Å². The zero-order chi connectivity index (χ0) is 20.9. The Morgan fingerprint density at radius 1 is 0.857 bits per heavy atom. The van der Waals surface area contributed by atoms with Gasteiger partial charge in [-0.1, -0.05) is 47.8 Å². The van der Waals surface area contributed by atoms with Crippen LogP contribution in [0, 0.1) is 0 Å². The fourth-order valence-corrected chi connectivity index (χ4v) is 3.71. The van der Waals surface area contributed by atoms with Crippen LogP contribution >= 0.6 is 47.8 Å². The van der Waals surface area contributed by atoms with Crippen molar-refractivity contribution in [1.29, 1.82) is 0 Å². The summed E-state index contributed by atoms with van der Waals surface area (Å²) in [7, 11) is 0. The summed E-state index contributed by atoms with van der Waals surface area (Å²) in [6.45, 7) is 0. The van der Waals surface area contributed by atoms with Gasteiger partial charge in [-0.3, -0.25) is 0 Å². The van der Waals surface area contributed by atoms with Gasteiger partial charge in [0.2, 0.25) is 5.76 Å². The molecule has 0 saturated heterocycles.